The van der Waals surface area contributed by atoms with Gasteiger partial charge in [0.15, 0.2) is 0 Å². The van der Waals surface area contributed by atoms with Crippen LogP contribution in [0.1, 0.15) is 15.9 Å². The summed E-state index contributed by atoms with van der Waals surface area (Å²) in [6.07, 6.45) is 0. The first-order valence-electron chi connectivity index (χ1n) is 3.64. The third-order valence-electron chi connectivity index (χ3n) is 1.57. The molecule has 0 saturated heterocycles. The lowest BCUT2D eigenvalue weighted by molar-refractivity contribution is -0.727. The smallest absolute Gasteiger partial charge is 0.262 e. The van der Waals surface area contributed by atoms with Gasteiger partial charge in [0.1, 0.15) is 5.82 Å². The molecule has 14 heavy (non-hydrogen) atoms. The molecule has 74 valence electrons. The lowest BCUT2D eigenvalue weighted by Gasteiger charge is -2.01. The minimum absolute atomic E-state index is 0.225. The van der Waals surface area contributed by atoms with Crippen molar-refractivity contribution in [1.82, 2.24) is 0 Å². The van der Waals surface area contributed by atoms with Gasteiger partial charge < -0.3 is 0 Å². The second-order valence-electron chi connectivity index (χ2n) is 2.54. The minimum atomic E-state index is -1.31. The van der Waals surface area contributed by atoms with Gasteiger partial charge in [-0.05, 0) is 18.6 Å². The van der Waals surface area contributed by atoms with Crippen LogP contribution in [0.4, 0.5) is 4.39 Å². The van der Waals surface area contributed by atoms with E-state index < -0.39 is 22.4 Å². The molecule has 0 aliphatic rings. The predicted octanol–water partition coefficient (Wildman–Crippen LogP) is 1.48. The van der Waals surface area contributed by atoms with Crippen molar-refractivity contribution >= 4 is 5.97 Å². The number of nitrogens with zero attached hydrogens (tertiary/aromatic N) is 1. The van der Waals surface area contributed by atoms with Crippen molar-refractivity contribution in [3.8, 4) is 0 Å². The van der Waals surface area contributed by atoms with E-state index in [0.717, 1.165) is 6.07 Å². The number of rotatable bonds is 2. The molecule has 0 heterocycles. The van der Waals surface area contributed by atoms with E-state index in [1.165, 1.54) is 19.1 Å². The zero-order chi connectivity index (χ0) is 10.7. The van der Waals surface area contributed by atoms with E-state index in [0.29, 0.717) is 0 Å². The molecule has 6 heteroatoms. The van der Waals surface area contributed by atoms with E-state index in [1.54, 1.807) is 0 Å². The number of carbonyl (C=O) groups is 1. The quantitative estimate of drug-likeness (QED) is 0.534. The van der Waals surface area contributed by atoms with Gasteiger partial charge in [-0.1, -0.05) is 12.1 Å². The first-order chi connectivity index (χ1) is 6.52. The number of aryl methyl sites for hydroxylation is 1. The number of benzene rings is 1. The summed E-state index contributed by atoms with van der Waals surface area (Å²) in [5.74, 6) is -2.12. The first-order valence-corrected chi connectivity index (χ1v) is 3.64. The molecule has 0 radical (unpaired) electrons. The van der Waals surface area contributed by atoms with Crippen molar-refractivity contribution in [3.63, 3.8) is 0 Å². The molecule has 1 aromatic carbocycles. The van der Waals surface area contributed by atoms with Gasteiger partial charge in [0.2, 0.25) is 0 Å². The summed E-state index contributed by atoms with van der Waals surface area (Å²) in [7, 11) is 0. The van der Waals surface area contributed by atoms with Crippen molar-refractivity contribution in [3.05, 3.63) is 45.3 Å². The van der Waals surface area contributed by atoms with Gasteiger partial charge in [-0.2, -0.15) is 0 Å². The Morgan fingerprint density at radius 1 is 1.57 bits per heavy atom. The second-order valence-corrected chi connectivity index (χ2v) is 2.54. The topological polar surface area (TPSA) is 69.4 Å². The van der Waals surface area contributed by atoms with Crippen LogP contribution in [0.25, 0.3) is 0 Å². The van der Waals surface area contributed by atoms with Crippen LogP contribution >= 0.6 is 0 Å². The van der Waals surface area contributed by atoms with Crippen molar-refractivity contribution < 1.29 is 19.1 Å². The Balaban J connectivity index is 3.01. The summed E-state index contributed by atoms with van der Waals surface area (Å²) < 4.78 is 13.2. The maximum absolute atomic E-state index is 13.2. The maximum atomic E-state index is 13.2. The molecule has 1 rings (SSSR count). The van der Waals surface area contributed by atoms with Crippen LogP contribution in [0.2, 0.25) is 0 Å². The molecular formula is C8H6FNO4. The molecule has 0 N–H and O–H groups in total. The van der Waals surface area contributed by atoms with E-state index in [-0.39, 0.29) is 5.56 Å². The summed E-state index contributed by atoms with van der Waals surface area (Å²) in [5.41, 5.74) is -0.218. The largest absolute Gasteiger partial charge is 0.337 e. The number of hydrogen-bond donors (Lipinski definition) is 0. The average molecular weight is 199 g/mol. The van der Waals surface area contributed by atoms with Crippen molar-refractivity contribution in [2.24, 2.45) is 0 Å². The van der Waals surface area contributed by atoms with Gasteiger partial charge >= 0.3 is 11.1 Å². The maximum Gasteiger partial charge on any atom is 0.337 e. The Labute approximate surface area is 78.2 Å². The van der Waals surface area contributed by atoms with Crippen LogP contribution in [0.5, 0.6) is 0 Å². The molecule has 1 aromatic rings. The van der Waals surface area contributed by atoms with Gasteiger partial charge in [0.05, 0.1) is 5.56 Å². The Bertz CT molecular complexity index is 391. The van der Waals surface area contributed by atoms with Crippen LogP contribution in [-0.4, -0.2) is 11.1 Å². The van der Waals surface area contributed by atoms with Gasteiger partial charge in [-0.3, -0.25) is 4.79 Å². The summed E-state index contributed by atoms with van der Waals surface area (Å²) in [4.78, 5) is 24.4. The molecular weight excluding hydrogens is 193 g/mol. The van der Waals surface area contributed by atoms with Crippen LogP contribution in [0.15, 0.2) is 18.2 Å². The fourth-order valence-corrected chi connectivity index (χ4v) is 0.922. The monoisotopic (exact) mass is 199 g/mol. The van der Waals surface area contributed by atoms with E-state index in [1.807, 2.05) is 0 Å². The molecule has 0 aliphatic carbocycles. The summed E-state index contributed by atoms with van der Waals surface area (Å²) >= 11 is 0. The van der Waals surface area contributed by atoms with E-state index in [9.17, 15) is 19.3 Å². The molecule has 0 bridgehead atoms. The van der Waals surface area contributed by atoms with Crippen LogP contribution in [-0.2, 0) is 4.84 Å². The number of carbonyl (C=O) groups excluding carboxylic acids is 1. The molecule has 5 nitrogen and oxygen atoms in total. The highest BCUT2D eigenvalue weighted by molar-refractivity contribution is 5.89. The van der Waals surface area contributed by atoms with Gasteiger partial charge in [0.25, 0.3) is 0 Å². The number of hydrogen-bond acceptors (Lipinski definition) is 4. The minimum Gasteiger partial charge on any atom is -0.262 e. The lowest BCUT2D eigenvalue weighted by atomic mass is 10.1. The first kappa shape index (κ1) is 10.1. The highest BCUT2D eigenvalue weighted by atomic mass is 19.1. The Morgan fingerprint density at radius 3 is 2.79 bits per heavy atom. The van der Waals surface area contributed by atoms with Crippen molar-refractivity contribution in [2.45, 2.75) is 6.92 Å². The third kappa shape index (κ3) is 2.03. The normalized spacial score (nSPS) is 9.57. The molecule has 0 saturated carbocycles. The summed E-state index contributed by atoms with van der Waals surface area (Å²) in [5, 5.41) is 8.55. The molecule has 0 atom stereocenters. The fourth-order valence-electron chi connectivity index (χ4n) is 0.922. The van der Waals surface area contributed by atoms with Crippen LogP contribution in [0, 0.1) is 22.9 Å². The molecule has 0 aromatic heterocycles. The Hall–Kier alpha value is -1.98. The standard InChI is InChI=1S/C8H6FNO4/c1-5-3-2-4-6(7(5)9)8(11)14-10(12)13/h2-4H,1H3. The summed E-state index contributed by atoms with van der Waals surface area (Å²) in [6.45, 7) is 1.44. The second kappa shape index (κ2) is 3.82. The highest BCUT2D eigenvalue weighted by Gasteiger charge is 2.16. The SMILES string of the molecule is Cc1cccc(C(=O)O[N+](=O)[O-])c1F. The Kier molecular flexibility index (Phi) is 2.76. The Morgan fingerprint density at radius 2 is 2.21 bits per heavy atom. The molecule has 0 amide bonds. The van der Waals surface area contributed by atoms with Crippen molar-refractivity contribution in [1.29, 1.82) is 0 Å². The highest BCUT2D eigenvalue weighted by Crippen LogP contribution is 2.12. The van der Waals surface area contributed by atoms with Crippen LogP contribution in [0.3, 0.4) is 0 Å². The zero-order valence-electron chi connectivity index (χ0n) is 7.19. The van der Waals surface area contributed by atoms with Crippen molar-refractivity contribution in [2.75, 3.05) is 0 Å². The molecule has 0 unspecified atom stereocenters. The zero-order valence-corrected chi connectivity index (χ0v) is 7.19. The molecule has 0 fully saturated rings. The van der Waals surface area contributed by atoms with Gasteiger partial charge in [-0.25, -0.2) is 9.23 Å². The van der Waals surface area contributed by atoms with E-state index >= 15 is 0 Å². The molecule has 0 aliphatic heterocycles. The average Bonchev–Trinajstić information content (AvgIpc) is 2.08. The fraction of sp³-hybridized carbons (Fsp3) is 0.125. The molecule has 0 spiro atoms. The van der Waals surface area contributed by atoms with Crippen LogP contribution < -0.4 is 0 Å². The lowest BCUT2D eigenvalue weighted by Crippen LogP contribution is -2.12. The van der Waals surface area contributed by atoms with E-state index in [2.05, 4.69) is 4.84 Å². The third-order valence-corrected chi connectivity index (χ3v) is 1.57. The number of halogens is 1. The van der Waals surface area contributed by atoms with E-state index in [4.69, 9.17) is 0 Å². The predicted molar refractivity (Wildman–Crippen MR) is 43.5 cm³/mol. The summed E-state index contributed by atoms with van der Waals surface area (Å²) in [6, 6.07) is 3.97. The van der Waals surface area contributed by atoms with Gasteiger partial charge in [-0.15, -0.1) is 10.1 Å². The van der Waals surface area contributed by atoms with Gasteiger partial charge in [0, 0.05) is 0 Å².